The Kier molecular flexibility index (Phi) is 4.80. The molecule has 0 radical (unpaired) electrons. The zero-order chi connectivity index (χ0) is 12.1. The molecule has 0 aliphatic carbocycles. The minimum atomic E-state index is -0.261. The third kappa shape index (κ3) is 3.96. The summed E-state index contributed by atoms with van der Waals surface area (Å²) in [6.07, 6.45) is 4.76. The Morgan fingerprint density at radius 2 is 2.35 bits per heavy atom. The van der Waals surface area contributed by atoms with E-state index in [0.717, 1.165) is 19.4 Å². The number of rotatable bonds is 5. The first-order valence-corrected chi connectivity index (χ1v) is 6.74. The quantitative estimate of drug-likeness (QED) is 0.767. The first kappa shape index (κ1) is 12.8. The van der Waals surface area contributed by atoms with E-state index in [2.05, 4.69) is 15.9 Å². The first-order chi connectivity index (χ1) is 8.25. The van der Waals surface area contributed by atoms with E-state index in [1.807, 2.05) is 0 Å². The molecule has 0 saturated carbocycles. The summed E-state index contributed by atoms with van der Waals surface area (Å²) in [5.74, 6) is 0.433. The minimum Gasteiger partial charge on any atom is -0.492 e. The largest absolute Gasteiger partial charge is 0.492 e. The second kappa shape index (κ2) is 6.36. The maximum atomic E-state index is 12.8. The normalized spacial score (nSPS) is 19.5. The van der Waals surface area contributed by atoms with Gasteiger partial charge in [0.15, 0.2) is 0 Å². The number of halogens is 2. The van der Waals surface area contributed by atoms with Gasteiger partial charge < -0.3 is 9.47 Å². The maximum absolute atomic E-state index is 12.8. The van der Waals surface area contributed by atoms with E-state index in [4.69, 9.17) is 9.47 Å². The van der Waals surface area contributed by atoms with Crippen molar-refractivity contribution in [3.05, 3.63) is 28.5 Å². The molecule has 1 aromatic carbocycles. The molecule has 4 heteroatoms. The van der Waals surface area contributed by atoms with Crippen molar-refractivity contribution in [1.29, 1.82) is 0 Å². The molecule has 1 fully saturated rings. The van der Waals surface area contributed by atoms with Crippen LogP contribution < -0.4 is 4.74 Å². The van der Waals surface area contributed by atoms with Gasteiger partial charge in [-0.25, -0.2) is 4.39 Å². The van der Waals surface area contributed by atoms with Crippen molar-refractivity contribution in [2.75, 3.05) is 13.2 Å². The van der Waals surface area contributed by atoms with Crippen molar-refractivity contribution < 1.29 is 13.9 Å². The van der Waals surface area contributed by atoms with Crippen LogP contribution in [-0.4, -0.2) is 19.3 Å². The third-order valence-corrected chi connectivity index (χ3v) is 3.47. The van der Waals surface area contributed by atoms with Gasteiger partial charge in [0.2, 0.25) is 0 Å². The SMILES string of the molecule is Fc1ccc(OCCCC2CCCO2)c(Br)c1. The van der Waals surface area contributed by atoms with Crippen LogP contribution in [0, 0.1) is 5.82 Å². The van der Waals surface area contributed by atoms with Crippen molar-refractivity contribution >= 4 is 15.9 Å². The predicted molar refractivity (Wildman–Crippen MR) is 67.8 cm³/mol. The molecule has 1 saturated heterocycles. The average Bonchev–Trinajstić information content (AvgIpc) is 2.79. The van der Waals surface area contributed by atoms with Gasteiger partial charge in [-0.1, -0.05) is 0 Å². The van der Waals surface area contributed by atoms with E-state index < -0.39 is 0 Å². The lowest BCUT2D eigenvalue weighted by Gasteiger charge is -2.11. The number of hydrogen-bond donors (Lipinski definition) is 0. The molecular weight excluding hydrogens is 287 g/mol. The van der Waals surface area contributed by atoms with E-state index in [1.54, 1.807) is 6.07 Å². The lowest BCUT2D eigenvalue weighted by molar-refractivity contribution is 0.0981. The van der Waals surface area contributed by atoms with Crippen LogP contribution in [0.25, 0.3) is 0 Å². The summed E-state index contributed by atoms with van der Waals surface area (Å²) in [7, 11) is 0. The van der Waals surface area contributed by atoms with Crippen molar-refractivity contribution in [2.45, 2.75) is 31.8 Å². The van der Waals surface area contributed by atoms with Crippen LogP contribution in [-0.2, 0) is 4.74 Å². The number of hydrogen-bond acceptors (Lipinski definition) is 2. The monoisotopic (exact) mass is 302 g/mol. The van der Waals surface area contributed by atoms with Crippen LogP contribution >= 0.6 is 15.9 Å². The molecule has 1 aliphatic rings. The molecular formula is C13H16BrFO2. The Morgan fingerprint density at radius 3 is 3.06 bits per heavy atom. The summed E-state index contributed by atoms with van der Waals surface area (Å²) in [6.45, 7) is 1.54. The van der Waals surface area contributed by atoms with E-state index in [1.165, 1.54) is 25.0 Å². The summed E-state index contributed by atoms with van der Waals surface area (Å²) in [5, 5.41) is 0. The summed E-state index contributed by atoms with van der Waals surface area (Å²) >= 11 is 3.28. The molecule has 0 aromatic heterocycles. The summed E-state index contributed by atoms with van der Waals surface area (Å²) in [4.78, 5) is 0. The smallest absolute Gasteiger partial charge is 0.133 e. The molecule has 1 heterocycles. The minimum absolute atomic E-state index is 0.261. The van der Waals surface area contributed by atoms with E-state index in [9.17, 15) is 4.39 Å². The molecule has 1 aliphatic heterocycles. The first-order valence-electron chi connectivity index (χ1n) is 5.95. The summed E-state index contributed by atoms with van der Waals surface area (Å²) < 4.78 is 24.6. The molecule has 1 unspecified atom stereocenters. The topological polar surface area (TPSA) is 18.5 Å². The van der Waals surface area contributed by atoms with Gasteiger partial charge in [0.1, 0.15) is 11.6 Å². The van der Waals surface area contributed by atoms with Crippen LogP contribution in [0.5, 0.6) is 5.75 Å². The van der Waals surface area contributed by atoms with Gasteiger partial charge in [0, 0.05) is 6.61 Å². The lowest BCUT2D eigenvalue weighted by atomic mass is 10.1. The molecule has 94 valence electrons. The zero-order valence-electron chi connectivity index (χ0n) is 9.62. The lowest BCUT2D eigenvalue weighted by Crippen LogP contribution is -2.07. The van der Waals surface area contributed by atoms with Gasteiger partial charge in [-0.05, 0) is 59.8 Å². The number of ether oxygens (including phenoxy) is 2. The van der Waals surface area contributed by atoms with Crippen molar-refractivity contribution in [3.63, 3.8) is 0 Å². The average molecular weight is 303 g/mol. The van der Waals surface area contributed by atoms with Crippen LogP contribution in [0.1, 0.15) is 25.7 Å². The summed E-state index contributed by atoms with van der Waals surface area (Å²) in [5.41, 5.74) is 0. The van der Waals surface area contributed by atoms with Crippen molar-refractivity contribution in [2.24, 2.45) is 0 Å². The Hall–Kier alpha value is -0.610. The number of benzene rings is 1. The highest BCUT2D eigenvalue weighted by atomic mass is 79.9. The highest BCUT2D eigenvalue weighted by molar-refractivity contribution is 9.10. The van der Waals surface area contributed by atoms with Gasteiger partial charge >= 0.3 is 0 Å². The van der Waals surface area contributed by atoms with Gasteiger partial charge in [-0.15, -0.1) is 0 Å². The van der Waals surface area contributed by atoms with E-state index >= 15 is 0 Å². The molecule has 2 rings (SSSR count). The molecule has 1 aromatic rings. The second-order valence-electron chi connectivity index (χ2n) is 4.20. The van der Waals surface area contributed by atoms with E-state index in [0.29, 0.717) is 22.9 Å². The molecule has 0 N–H and O–H groups in total. The molecule has 1 atom stereocenters. The van der Waals surface area contributed by atoms with Crippen LogP contribution in [0.4, 0.5) is 4.39 Å². The molecule has 0 bridgehead atoms. The second-order valence-corrected chi connectivity index (χ2v) is 5.05. The van der Waals surface area contributed by atoms with Gasteiger partial charge in [-0.2, -0.15) is 0 Å². The fourth-order valence-electron chi connectivity index (χ4n) is 1.96. The Morgan fingerprint density at radius 1 is 1.47 bits per heavy atom. The molecule has 0 amide bonds. The standard InChI is InChI=1S/C13H16BrFO2/c14-12-9-10(15)5-6-13(12)17-8-2-4-11-3-1-7-16-11/h5-6,9,11H,1-4,7-8H2. The molecule has 2 nitrogen and oxygen atoms in total. The predicted octanol–water partition coefficient (Wildman–Crippen LogP) is 3.93. The highest BCUT2D eigenvalue weighted by Gasteiger charge is 2.14. The Balaban J connectivity index is 1.70. The maximum Gasteiger partial charge on any atom is 0.133 e. The third-order valence-electron chi connectivity index (χ3n) is 2.85. The molecule has 17 heavy (non-hydrogen) atoms. The zero-order valence-corrected chi connectivity index (χ0v) is 11.2. The van der Waals surface area contributed by atoms with Crippen molar-refractivity contribution in [3.8, 4) is 5.75 Å². The van der Waals surface area contributed by atoms with E-state index in [-0.39, 0.29) is 5.82 Å². The van der Waals surface area contributed by atoms with Gasteiger partial charge in [0.05, 0.1) is 17.2 Å². The fourth-order valence-corrected chi connectivity index (χ4v) is 2.42. The Labute approximate surface area is 109 Å². The van der Waals surface area contributed by atoms with Crippen LogP contribution in [0.2, 0.25) is 0 Å². The Bertz CT molecular complexity index is 364. The molecule has 0 spiro atoms. The fraction of sp³-hybridized carbons (Fsp3) is 0.538. The van der Waals surface area contributed by atoms with Gasteiger partial charge in [-0.3, -0.25) is 0 Å². The van der Waals surface area contributed by atoms with Crippen molar-refractivity contribution in [1.82, 2.24) is 0 Å². The van der Waals surface area contributed by atoms with Gasteiger partial charge in [0.25, 0.3) is 0 Å². The van der Waals surface area contributed by atoms with Crippen LogP contribution in [0.3, 0.4) is 0 Å². The van der Waals surface area contributed by atoms with Crippen LogP contribution in [0.15, 0.2) is 22.7 Å². The highest BCUT2D eigenvalue weighted by Crippen LogP contribution is 2.26. The summed E-state index contributed by atoms with van der Waals surface area (Å²) in [6, 6.07) is 4.46.